The van der Waals surface area contributed by atoms with Gasteiger partial charge >= 0.3 is 0 Å². The summed E-state index contributed by atoms with van der Waals surface area (Å²) in [4.78, 5) is 14.0. The van der Waals surface area contributed by atoms with E-state index >= 15 is 0 Å². The number of benzene rings is 1. The van der Waals surface area contributed by atoms with Crippen LogP contribution in [0.15, 0.2) is 18.2 Å². The van der Waals surface area contributed by atoms with Gasteiger partial charge in [-0.2, -0.15) is 0 Å². The second-order valence-corrected chi connectivity index (χ2v) is 6.30. The van der Waals surface area contributed by atoms with E-state index in [0.717, 1.165) is 18.7 Å². The number of amides is 1. The summed E-state index contributed by atoms with van der Waals surface area (Å²) in [7, 11) is 3.22. The Balaban J connectivity index is 2.12. The third-order valence-electron chi connectivity index (χ3n) is 4.13. The van der Waals surface area contributed by atoms with E-state index in [-0.39, 0.29) is 17.9 Å². The first kappa shape index (κ1) is 16.6. The topological polar surface area (TPSA) is 64.8 Å². The lowest BCUT2D eigenvalue weighted by Gasteiger charge is -2.22. The molecule has 1 aromatic carbocycles. The van der Waals surface area contributed by atoms with E-state index in [4.69, 9.17) is 15.2 Å². The van der Waals surface area contributed by atoms with Crippen molar-refractivity contribution in [1.82, 2.24) is 4.90 Å². The van der Waals surface area contributed by atoms with Crippen LogP contribution in [0.1, 0.15) is 31.9 Å². The van der Waals surface area contributed by atoms with Crippen molar-refractivity contribution in [1.29, 1.82) is 0 Å². The van der Waals surface area contributed by atoms with E-state index in [1.807, 2.05) is 23.1 Å². The summed E-state index contributed by atoms with van der Waals surface area (Å²) in [6.07, 6.45) is 0.516. The van der Waals surface area contributed by atoms with Crippen LogP contribution in [0.4, 0.5) is 0 Å². The molecule has 1 aliphatic rings. The molecular formula is C17H26N2O3. The molecule has 122 valence electrons. The number of hydrogen-bond acceptors (Lipinski definition) is 4. The van der Waals surface area contributed by atoms with Gasteiger partial charge in [0.2, 0.25) is 5.91 Å². The number of likely N-dealkylation sites (tertiary alicyclic amines) is 1. The highest BCUT2D eigenvalue weighted by Crippen LogP contribution is 2.34. The Kier molecular flexibility index (Phi) is 5.29. The van der Waals surface area contributed by atoms with Crippen LogP contribution in [0.3, 0.4) is 0 Å². The fourth-order valence-corrected chi connectivity index (χ4v) is 2.99. The van der Waals surface area contributed by atoms with E-state index in [9.17, 15) is 4.79 Å². The first-order valence-electron chi connectivity index (χ1n) is 7.71. The lowest BCUT2D eigenvalue weighted by molar-refractivity contribution is -0.128. The van der Waals surface area contributed by atoms with Crippen molar-refractivity contribution < 1.29 is 14.3 Å². The van der Waals surface area contributed by atoms with Crippen molar-refractivity contribution in [3.8, 4) is 11.5 Å². The average Bonchev–Trinajstić information content (AvgIpc) is 2.86. The molecule has 2 N–H and O–H groups in total. The Hall–Kier alpha value is -1.75. The highest BCUT2D eigenvalue weighted by molar-refractivity contribution is 5.78. The Morgan fingerprint density at radius 3 is 2.55 bits per heavy atom. The van der Waals surface area contributed by atoms with Crippen LogP contribution in [0, 0.1) is 11.8 Å². The van der Waals surface area contributed by atoms with Gasteiger partial charge < -0.3 is 20.1 Å². The molecule has 0 bridgehead atoms. The molecule has 1 heterocycles. The molecule has 1 aromatic rings. The van der Waals surface area contributed by atoms with Crippen LogP contribution >= 0.6 is 0 Å². The summed E-state index contributed by atoms with van der Waals surface area (Å²) < 4.78 is 10.6. The lowest BCUT2D eigenvalue weighted by atomic mass is 9.92. The summed E-state index contributed by atoms with van der Waals surface area (Å²) in [5, 5.41) is 0. The minimum atomic E-state index is -0.180. The summed E-state index contributed by atoms with van der Waals surface area (Å²) in [6, 6.07) is 5.53. The molecule has 2 atom stereocenters. The number of rotatable bonds is 6. The molecule has 1 aliphatic heterocycles. The number of methoxy groups -OCH3 is 2. The highest BCUT2D eigenvalue weighted by Gasteiger charge is 2.34. The zero-order chi connectivity index (χ0) is 16.3. The number of carbonyl (C=O) groups excluding carboxylic acids is 1. The normalized spacial score (nSPS) is 19.6. The first-order chi connectivity index (χ1) is 10.5. The molecule has 2 unspecified atom stereocenters. The molecule has 5 nitrogen and oxygen atoms in total. The molecular weight excluding hydrogens is 280 g/mol. The molecule has 0 aromatic heterocycles. The van der Waals surface area contributed by atoms with Gasteiger partial charge in [-0.25, -0.2) is 0 Å². The van der Waals surface area contributed by atoms with Crippen molar-refractivity contribution >= 4 is 5.91 Å². The molecule has 5 heteroatoms. The standard InChI is InChI=1S/C17H26N2O3/c1-11(2)9-19-10-13(8-16(19)20)17(18)12-5-6-14(21-3)15(7-12)22-4/h5-7,11,13,17H,8-10,18H2,1-4H3. The van der Waals surface area contributed by atoms with Gasteiger partial charge in [-0.15, -0.1) is 0 Å². The van der Waals surface area contributed by atoms with Gasteiger partial charge in [-0.05, 0) is 23.6 Å². The number of hydrogen-bond donors (Lipinski definition) is 1. The van der Waals surface area contributed by atoms with E-state index in [1.165, 1.54) is 0 Å². The third-order valence-corrected chi connectivity index (χ3v) is 4.13. The van der Waals surface area contributed by atoms with Crippen LogP contribution in [-0.2, 0) is 4.79 Å². The zero-order valence-corrected chi connectivity index (χ0v) is 13.8. The molecule has 0 radical (unpaired) electrons. The molecule has 0 aliphatic carbocycles. The summed E-state index contributed by atoms with van der Waals surface area (Å²) in [5.74, 6) is 2.17. The second kappa shape index (κ2) is 7.01. The van der Waals surface area contributed by atoms with Crippen LogP contribution in [0.5, 0.6) is 11.5 Å². The number of ether oxygens (including phenoxy) is 2. The Morgan fingerprint density at radius 1 is 1.27 bits per heavy atom. The van der Waals surface area contributed by atoms with Crippen molar-refractivity contribution in [2.24, 2.45) is 17.6 Å². The minimum absolute atomic E-state index is 0.143. The van der Waals surface area contributed by atoms with Crippen molar-refractivity contribution in [2.45, 2.75) is 26.3 Å². The maximum absolute atomic E-state index is 12.1. The zero-order valence-electron chi connectivity index (χ0n) is 13.8. The number of carbonyl (C=O) groups is 1. The molecule has 1 saturated heterocycles. The summed E-state index contributed by atoms with van der Waals surface area (Å²) >= 11 is 0. The fraction of sp³-hybridized carbons (Fsp3) is 0.588. The van der Waals surface area contributed by atoms with Crippen LogP contribution in [0.25, 0.3) is 0 Å². The summed E-state index contributed by atoms with van der Waals surface area (Å²) in [5.41, 5.74) is 7.37. The molecule has 22 heavy (non-hydrogen) atoms. The van der Waals surface area contributed by atoms with Crippen LogP contribution < -0.4 is 15.2 Å². The number of nitrogens with two attached hydrogens (primary N) is 1. The Labute approximate surface area is 132 Å². The van der Waals surface area contributed by atoms with Crippen LogP contribution in [0.2, 0.25) is 0 Å². The van der Waals surface area contributed by atoms with Gasteiger partial charge in [-0.1, -0.05) is 19.9 Å². The second-order valence-electron chi connectivity index (χ2n) is 6.30. The van der Waals surface area contributed by atoms with Crippen molar-refractivity contribution in [2.75, 3.05) is 27.3 Å². The maximum atomic E-state index is 12.1. The molecule has 2 rings (SSSR count). The Morgan fingerprint density at radius 2 is 1.95 bits per heavy atom. The highest BCUT2D eigenvalue weighted by atomic mass is 16.5. The number of nitrogens with zero attached hydrogens (tertiary/aromatic N) is 1. The van der Waals surface area contributed by atoms with Gasteiger partial charge in [0.25, 0.3) is 0 Å². The Bertz CT molecular complexity index is 531. The maximum Gasteiger partial charge on any atom is 0.223 e. The van der Waals surface area contributed by atoms with E-state index in [2.05, 4.69) is 13.8 Å². The van der Waals surface area contributed by atoms with Crippen molar-refractivity contribution in [3.05, 3.63) is 23.8 Å². The quantitative estimate of drug-likeness (QED) is 0.875. The third kappa shape index (κ3) is 3.53. The van der Waals surface area contributed by atoms with Gasteiger partial charge in [0, 0.05) is 31.5 Å². The minimum Gasteiger partial charge on any atom is -0.493 e. The monoisotopic (exact) mass is 306 g/mol. The van der Waals surface area contributed by atoms with Gasteiger partial charge in [0.05, 0.1) is 14.2 Å². The molecule has 0 saturated carbocycles. The van der Waals surface area contributed by atoms with Crippen molar-refractivity contribution in [3.63, 3.8) is 0 Å². The lowest BCUT2D eigenvalue weighted by Crippen LogP contribution is -2.30. The fourth-order valence-electron chi connectivity index (χ4n) is 2.99. The average molecular weight is 306 g/mol. The molecule has 0 spiro atoms. The van der Waals surface area contributed by atoms with Crippen LogP contribution in [-0.4, -0.2) is 38.1 Å². The van der Waals surface area contributed by atoms with E-state index in [0.29, 0.717) is 23.8 Å². The predicted octanol–water partition coefficient (Wildman–Crippen LogP) is 2.21. The smallest absolute Gasteiger partial charge is 0.223 e. The molecule has 1 fully saturated rings. The molecule has 1 amide bonds. The summed E-state index contributed by atoms with van der Waals surface area (Å²) in [6.45, 7) is 5.77. The van der Waals surface area contributed by atoms with E-state index in [1.54, 1.807) is 14.2 Å². The first-order valence-corrected chi connectivity index (χ1v) is 7.71. The predicted molar refractivity (Wildman–Crippen MR) is 86.0 cm³/mol. The van der Waals surface area contributed by atoms with Gasteiger partial charge in [0.1, 0.15) is 0 Å². The van der Waals surface area contributed by atoms with Gasteiger partial charge in [-0.3, -0.25) is 4.79 Å². The van der Waals surface area contributed by atoms with Gasteiger partial charge in [0.15, 0.2) is 11.5 Å². The largest absolute Gasteiger partial charge is 0.493 e. The SMILES string of the molecule is COc1ccc(C(N)C2CC(=O)N(CC(C)C)C2)cc1OC. The van der Waals surface area contributed by atoms with E-state index < -0.39 is 0 Å².